The lowest BCUT2D eigenvalue weighted by Crippen LogP contribution is -2.10. The van der Waals surface area contributed by atoms with Gasteiger partial charge in [0.2, 0.25) is 0 Å². The van der Waals surface area contributed by atoms with Crippen molar-refractivity contribution in [2.75, 3.05) is 5.32 Å². The highest BCUT2D eigenvalue weighted by Gasteiger charge is 2.14. The summed E-state index contributed by atoms with van der Waals surface area (Å²) in [7, 11) is 0. The van der Waals surface area contributed by atoms with Crippen LogP contribution >= 0.6 is 38.6 Å². The lowest BCUT2D eigenvalue weighted by Gasteiger charge is -2.08. The summed E-state index contributed by atoms with van der Waals surface area (Å²) < 4.78 is 2.07. The van der Waals surface area contributed by atoms with E-state index in [1.807, 2.05) is 54.6 Å². The average molecular weight is 415 g/mol. The third-order valence-corrected chi connectivity index (χ3v) is 6.19. The van der Waals surface area contributed by atoms with Gasteiger partial charge >= 0.3 is 0 Å². The minimum Gasteiger partial charge on any atom is -0.321 e. The maximum absolute atomic E-state index is 12.4. The van der Waals surface area contributed by atoms with Crippen LogP contribution in [0, 0.1) is 0 Å². The summed E-state index contributed by atoms with van der Waals surface area (Å²) in [6.45, 7) is 0. The zero-order valence-electron chi connectivity index (χ0n) is 12.3. The van der Waals surface area contributed by atoms with Crippen LogP contribution in [0.15, 0.2) is 64.5 Å². The van der Waals surface area contributed by atoms with Gasteiger partial charge in [0.25, 0.3) is 5.91 Å². The number of carbonyl (C=O) groups excluding carboxylic acids is 1. The number of carbonyl (C=O) groups is 1. The zero-order chi connectivity index (χ0) is 16.5. The molecule has 24 heavy (non-hydrogen) atoms. The molecule has 0 atom stereocenters. The van der Waals surface area contributed by atoms with Gasteiger partial charge in [-0.15, -0.1) is 22.7 Å². The SMILES string of the molecule is O=C(Nc1ccccc1-c1nc2ccccc2s1)c1ccc(Br)s1. The Kier molecular flexibility index (Phi) is 4.18. The van der Waals surface area contributed by atoms with E-state index in [2.05, 4.69) is 27.3 Å². The summed E-state index contributed by atoms with van der Waals surface area (Å²) in [6.07, 6.45) is 0. The lowest BCUT2D eigenvalue weighted by molar-refractivity contribution is 0.103. The summed E-state index contributed by atoms with van der Waals surface area (Å²) in [5.74, 6) is -0.112. The maximum Gasteiger partial charge on any atom is 0.265 e. The van der Waals surface area contributed by atoms with Crippen LogP contribution in [0.4, 0.5) is 5.69 Å². The summed E-state index contributed by atoms with van der Waals surface area (Å²) in [4.78, 5) is 17.8. The van der Waals surface area contributed by atoms with Gasteiger partial charge in [0.1, 0.15) is 5.01 Å². The first-order valence-corrected chi connectivity index (χ1v) is 9.65. The number of para-hydroxylation sites is 2. The second-order valence-electron chi connectivity index (χ2n) is 5.09. The normalized spacial score (nSPS) is 10.9. The highest BCUT2D eigenvalue weighted by Crippen LogP contribution is 2.34. The molecule has 6 heteroatoms. The summed E-state index contributed by atoms with van der Waals surface area (Å²) in [5.41, 5.74) is 2.68. The van der Waals surface area contributed by atoms with Crippen molar-refractivity contribution in [2.24, 2.45) is 0 Å². The Hall–Kier alpha value is -2.02. The number of hydrogen-bond donors (Lipinski definition) is 1. The number of rotatable bonds is 3. The number of anilines is 1. The molecule has 118 valence electrons. The zero-order valence-corrected chi connectivity index (χ0v) is 15.5. The molecule has 1 N–H and O–H groups in total. The fraction of sp³-hybridized carbons (Fsp3) is 0. The first-order chi connectivity index (χ1) is 11.7. The molecule has 0 fully saturated rings. The molecule has 0 bridgehead atoms. The second kappa shape index (κ2) is 6.47. The number of amides is 1. The molecular formula is C18H11BrN2OS2. The van der Waals surface area contributed by atoms with E-state index in [1.54, 1.807) is 11.3 Å². The van der Waals surface area contributed by atoms with Crippen LogP contribution in [-0.4, -0.2) is 10.9 Å². The fourth-order valence-corrected chi connectivity index (χ4v) is 4.67. The third kappa shape index (κ3) is 3.00. The van der Waals surface area contributed by atoms with Gasteiger partial charge < -0.3 is 5.32 Å². The van der Waals surface area contributed by atoms with E-state index >= 15 is 0 Å². The van der Waals surface area contributed by atoms with Crippen LogP contribution in [0.1, 0.15) is 9.67 Å². The number of aromatic nitrogens is 1. The Morgan fingerprint density at radius 3 is 2.54 bits per heavy atom. The molecule has 2 aromatic carbocycles. The lowest BCUT2D eigenvalue weighted by atomic mass is 10.2. The molecule has 4 rings (SSSR count). The van der Waals surface area contributed by atoms with E-state index in [0.717, 1.165) is 30.3 Å². The minimum atomic E-state index is -0.112. The molecule has 0 saturated carbocycles. The van der Waals surface area contributed by atoms with E-state index in [9.17, 15) is 4.79 Å². The highest BCUT2D eigenvalue weighted by atomic mass is 79.9. The Labute approximate surface area is 155 Å². The Balaban J connectivity index is 1.71. The van der Waals surface area contributed by atoms with E-state index in [-0.39, 0.29) is 5.91 Å². The smallest absolute Gasteiger partial charge is 0.265 e. The van der Waals surface area contributed by atoms with Crippen LogP contribution in [0.5, 0.6) is 0 Å². The van der Waals surface area contributed by atoms with Gasteiger partial charge in [-0.2, -0.15) is 0 Å². The summed E-state index contributed by atoms with van der Waals surface area (Å²) in [5, 5.41) is 3.90. The van der Waals surface area contributed by atoms with Gasteiger partial charge in [-0.1, -0.05) is 24.3 Å². The number of fused-ring (bicyclic) bond motifs is 1. The van der Waals surface area contributed by atoms with E-state index in [4.69, 9.17) is 4.98 Å². The predicted octanol–water partition coefficient (Wildman–Crippen LogP) is 6.04. The molecule has 2 heterocycles. The van der Waals surface area contributed by atoms with Gasteiger partial charge in [-0.25, -0.2) is 4.98 Å². The van der Waals surface area contributed by atoms with Crippen molar-refractivity contribution in [1.82, 2.24) is 4.98 Å². The van der Waals surface area contributed by atoms with Crippen molar-refractivity contribution in [3.63, 3.8) is 0 Å². The molecule has 0 radical (unpaired) electrons. The highest BCUT2D eigenvalue weighted by molar-refractivity contribution is 9.11. The molecule has 0 unspecified atom stereocenters. The Morgan fingerprint density at radius 2 is 1.75 bits per heavy atom. The maximum atomic E-state index is 12.4. The fourth-order valence-electron chi connectivity index (χ4n) is 2.39. The molecule has 2 aromatic heterocycles. The van der Waals surface area contributed by atoms with Crippen molar-refractivity contribution in [3.8, 4) is 10.6 Å². The number of halogens is 1. The van der Waals surface area contributed by atoms with Crippen molar-refractivity contribution in [3.05, 3.63) is 69.3 Å². The topological polar surface area (TPSA) is 42.0 Å². The van der Waals surface area contributed by atoms with Gasteiger partial charge in [0.15, 0.2) is 0 Å². The first-order valence-electron chi connectivity index (χ1n) is 7.22. The van der Waals surface area contributed by atoms with Gasteiger partial charge in [0, 0.05) is 5.56 Å². The molecule has 4 aromatic rings. The molecule has 0 spiro atoms. The second-order valence-corrected chi connectivity index (χ2v) is 8.58. The Bertz CT molecular complexity index is 1010. The number of hydrogen-bond acceptors (Lipinski definition) is 4. The number of thiazole rings is 1. The number of nitrogens with one attached hydrogen (secondary N) is 1. The molecule has 0 aliphatic rings. The minimum absolute atomic E-state index is 0.112. The van der Waals surface area contributed by atoms with Gasteiger partial charge in [-0.3, -0.25) is 4.79 Å². The summed E-state index contributed by atoms with van der Waals surface area (Å²) >= 11 is 6.42. The largest absolute Gasteiger partial charge is 0.321 e. The molecule has 1 amide bonds. The molecule has 0 saturated heterocycles. The molecule has 0 aliphatic heterocycles. The number of benzene rings is 2. The molecular weight excluding hydrogens is 404 g/mol. The average Bonchev–Trinajstić information content (AvgIpc) is 3.21. The standard InChI is InChI=1S/C18H11BrN2OS2/c19-16-10-9-15(23-16)17(22)20-12-6-2-1-5-11(12)18-21-13-7-3-4-8-14(13)24-18/h1-10H,(H,20,22). The van der Waals surface area contributed by atoms with E-state index in [0.29, 0.717) is 4.88 Å². The van der Waals surface area contributed by atoms with Crippen molar-refractivity contribution >= 4 is 60.4 Å². The van der Waals surface area contributed by atoms with Crippen LogP contribution < -0.4 is 5.32 Å². The number of thiophene rings is 1. The Morgan fingerprint density at radius 1 is 0.958 bits per heavy atom. The van der Waals surface area contributed by atoms with Crippen LogP contribution in [0.2, 0.25) is 0 Å². The van der Waals surface area contributed by atoms with Crippen molar-refractivity contribution < 1.29 is 4.79 Å². The summed E-state index contributed by atoms with van der Waals surface area (Å²) in [6, 6.07) is 19.5. The monoisotopic (exact) mass is 414 g/mol. The van der Waals surface area contributed by atoms with Crippen molar-refractivity contribution in [2.45, 2.75) is 0 Å². The van der Waals surface area contributed by atoms with Gasteiger partial charge in [-0.05, 0) is 52.3 Å². The van der Waals surface area contributed by atoms with E-state index in [1.165, 1.54) is 11.3 Å². The van der Waals surface area contributed by atoms with Crippen LogP contribution in [0.3, 0.4) is 0 Å². The van der Waals surface area contributed by atoms with Crippen molar-refractivity contribution in [1.29, 1.82) is 0 Å². The predicted molar refractivity (Wildman–Crippen MR) is 105 cm³/mol. The molecule has 3 nitrogen and oxygen atoms in total. The quantitative estimate of drug-likeness (QED) is 0.443. The third-order valence-electron chi connectivity index (χ3n) is 3.50. The molecule has 0 aliphatic carbocycles. The number of nitrogens with zero attached hydrogens (tertiary/aromatic N) is 1. The van der Waals surface area contributed by atoms with E-state index < -0.39 is 0 Å². The first kappa shape index (κ1) is 15.5. The van der Waals surface area contributed by atoms with Crippen LogP contribution in [-0.2, 0) is 0 Å². The van der Waals surface area contributed by atoms with Gasteiger partial charge in [0.05, 0.1) is 24.6 Å². The van der Waals surface area contributed by atoms with Crippen LogP contribution in [0.25, 0.3) is 20.8 Å².